The molecule has 0 heterocycles. The summed E-state index contributed by atoms with van der Waals surface area (Å²) in [6.45, 7) is 2.24. The summed E-state index contributed by atoms with van der Waals surface area (Å²) in [5.74, 6) is -0.749. The number of sulfonamides is 1. The molecule has 174 valence electrons. The van der Waals surface area contributed by atoms with Gasteiger partial charge in [0, 0.05) is 18.7 Å². The van der Waals surface area contributed by atoms with E-state index in [1.807, 2.05) is 25.1 Å². The molecule has 0 radical (unpaired) electrons. The van der Waals surface area contributed by atoms with Gasteiger partial charge in [-0.25, -0.2) is 12.8 Å². The molecule has 1 atom stereocenters. The average molecular weight is 470 g/mol. The largest absolute Gasteiger partial charge is 0.350 e. The van der Waals surface area contributed by atoms with E-state index in [4.69, 9.17) is 0 Å². The molecule has 3 aromatic rings. The van der Waals surface area contributed by atoms with Crippen LogP contribution in [0.15, 0.2) is 83.8 Å². The Morgan fingerprint density at radius 1 is 0.970 bits per heavy atom. The van der Waals surface area contributed by atoms with E-state index in [1.54, 1.807) is 55.5 Å². The summed E-state index contributed by atoms with van der Waals surface area (Å²) in [6, 6.07) is 20.8. The lowest BCUT2D eigenvalue weighted by Gasteiger charge is -2.25. The topological polar surface area (TPSA) is 69.7 Å². The molecular weight excluding hydrogens is 441 g/mol. The number of hydrogen-bond donors (Lipinski definition) is 1. The summed E-state index contributed by atoms with van der Waals surface area (Å²) in [4.78, 5) is 14.8. The molecular formula is C25H28FN3O3S. The molecule has 0 saturated heterocycles. The number of halogens is 1. The Bertz CT molecular complexity index is 1200. The molecule has 0 bridgehead atoms. The van der Waals surface area contributed by atoms with Crippen LogP contribution in [0.5, 0.6) is 0 Å². The van der Waals surface area contributed by atoms with E-state index in [-0.39, 0.29) is 35.4 Å². The maximum atomic E-state index is 13.7. The van der Waals surface area contributed by atoms with Crippen molar-refractivity contribution in [2.75, 3.05) is 31.5 Å². The Morgan fingerprint density at radius 3 is 2.30 bits per heavy atom. The van der Waals surface area contributed by atoms with Crippen molar-refractivity contribution in [2.24, 2.45) is 0 Å². The molecule has 3 aromatic carbocycles. The number of benzene rings is 3. The van der Waals surface area contributed by atoms with Gasteiger partial charge in [-0.1, -0.05) is 36.4 Å². The number of rotatable bonds is 9. The zero-order valence-electron chi connectivity index (χ0n) is 18.9. The van der Waals surface area contributed by atoms with Gasteiger partial charge in [-0.15, -0.1) is 0 Å². The van der Waals surface area contributed by atoms with Crippen molar-refractivity contribution >= 4 is 21.6 Å². The summed E-state index contributed by atoms with van der Waals surface area (Å²) in [5, 5.41) is 2.84. The third kappa shape index (κ3) is 5.77. The summed E-state index contributed by atoms with van der Waals surface area (Å²) < 4.78 is 41.5. The van der Waals surface area contributed by atoms with Crippen molar-refractivity contribution < 1.29 is 17.6 Å². The van der Waals surface area contributed by atoms with Crippen LogP contribution in [0.1, 0.15) is 28.9 Å². The third-order valence-electron chi connectivity index (χ3n) is 5.33. The fourth-order valence-electron chi connectivity index (χ4n) is 3.61. The number of nitrogens with one attached hydrogen (secondary N) is 1. The van der Waals surface area contributed by atoms with Crippen molar-refractivity contribution in [3.63, 3.8) is 0 Å². The molecule has 0 saturated carbocycles. The quantitative estimate of drug-likeness (QED) is 0.513. The van der Waals surface area contributed by atoms with E-state index in [1.165, 1.54) is 28.6 Å². The molecule has 8 heteroatoms. The fraction of sp³-hybridized carbons (Fsp3) is 0.240. The lowest BCUT2D eigenvalue weighted by molar-refractivity contribution is 0.0941. The lowest BCUT2D eigenvalue weighted by atomic mass is 10.1. The molecule has 0 aliphatic rings. The fourth-order valence-corrected chi connectivity index (χ4v) is 5.13. The van der Waals surface area contributed by atoms with Crippen LogP contribution in [0.4, 0.5) is 10.1 Å². The van der Waals surface area contributed by atoms with Gasteiger partial charge in [-0.05, 0) is 69.0 Å². The second-order valence-electron chi connectivity index (χ2n) is 7.78. The zero-order chi connectivity index (χ0) is 24.0. The minimum absolute atomic E-state index is 0.0372. The van der Waals surface area contributed by atoms with Gasteiger partial charge < -0.3 is 10.2 Å². The van der Waals surface area contributed by atoms with Gasteiger partial charge in [0.25, 0.3) is 15.9 Å². The summed E-state index contributed by atoms with van der Waals surface area (Å²) in [5.41, 5.74) is 1.52. The van der Waals surface area contributed by atoms with E-state index in [0.717, 1.165) is 5.56 Å². The minimum atomic E-state index is -3.85. The first-order valence-electron chi connectivity index (χ1n) is 10.6. The van der Waals surface area contributed by atoms with Gasteiger partial charge in [-0.2, -0.15) is 0 Å². The molecule has 0 spiro atoms. The summed E-state index contributed by atoms with van der Waals surface area (Å²) >= 11 is 0. The molecule has 1 N–H and O–H groups in total. The van der Waals surface area contributed by atoms with Gasteiger partial charge in [0.1, 0.15) is 5.82 Å². The predicted octanol–water partition coefficient (Wildman–Crippen LogP) is 4.07. The smallest absolute Gasteiger partial charge is 0.264 e. The number of nitrogens with zero attached hydrogens (tertiary/aromatic N) is 2. The van der Waals surface area contributed by atoms with Crippen LogP contribution < -0.4 is 9.62 Å². The Kier molecular flexibility index (Phi) is 7.84. The second kappa shape index (κ2) is 10.6. The molecule has 0 fully saturated rings. The molecule has 1 amide bonds. The maximum absolute atomic E-state index is 13.7. The third-order valence-corrected chi connectivity index (χ3v) is 7.23. The Hall–Kier alpha value is -3.23. The average Bonchev–Trinajstić information content (AvgIpc) is 2.80. The van der Waals surface area contributed by atoms with E-state index >= 15 is 0 Å². The van der Waals surface area contributed by atoms with Gasteiger partial charge in [0.2, 0.25) is 0 Å². The lowest BCUT2D eigenvalue weighted by Crippen LogP contribution is -2.35. The highest BCUT2D eigenvalue weighted by Gasteiger charge is 2.24. The SMILES string of the molecule is CCN(c1ccccc1)S(=O)(=O)c1cccc(C(=O)NCC(c2cccc(F)c2)N(C)C)c1. The zero-order valence-corrected chi connectivity index (χ0v) is 19.7. The van der Waals surface area contributed by atoms with Crippen LogP contribution >= 0.6 is 0 Å². The van der Waals surface area contributed by atoms with E-state index in [2.05, 4.69) is 5.32 Å². The second-order valence-corrected chi connectivity index (χ2v) is 9.64. The first kappa shape index (κ1) is 24.4. The Labute approximate surface area is 194 Å². The predicted molar refractivity (Wildman–Crippen MR) is 128 cm³/mol. The number of anilines is 1. The van der Waals surface area contributed by atoms with E-state index in [0.29, 0.717) is 5.69 Å². The first-order chi connectivity index (χ1) is 15.7. The minimum Gasteiger partial charge on any atom is -0.350 e. The molecule has 0 aliphatic carbocycles. The number of carbonyl (C=O) groups excluding carboxylic acids is 1. The standard InChI is InChI=1S/C25H28FN3O3S/c1-4-29(22-13-6-5-7-14-22)33(31,32)23-15-9-11-20(17-23)25(30)27-18-24(28(2)3)19-10-8-12-21(26)16-19/h5-17,24H,4,18H2,1-3H3,(H,27,30). The van der Waals surface area contributed by atoms with Crippen molar-refractivity contribution in [1.29, 1.82) is 0 Å². The molecule has 33 heavy (non-hydrogen) atoms. The van der Waals surface area contributed by atoms with Gasteiger partial charge in [0.05, 0.1) is 16.6 Å². The van der Waals surface area contributed by atoms with Crippen LogP contribution in [-0.4, -0.2) is 46.4 Å². The highest BCUT2D eigenvalue weighted by atomic mass is 32.2. The van der Waals surface area contributed by atoms with Gasteiger partial charge in [0.15, 0.2) is 0 Å². The van der Waals surface area contributed by atoms with E-state index < -0.39 is 15.9 Å². The van der Waals surface area contributed by atoms with Crippen LogP contribution in [0.25, 0.3) is 0 Å². The van der Waals surface area contributed by atoms with Crippen molar-refractivity contribution in [2.45, 2.75) is 17.9 Å². The van der Waals surface area contributed by atoms with Crippen LogP contribution in [0.3, 0.4) is 0 Å². The molecule has 0 aliphatic heterocycles. The van der Waals surface area contributed by atoms with Crippen LogP contribution in [0, 0.1) is 5.82 Å². The van der Waals surface area contributed by atoms with Crippen molar-refractivity contribution in [3.05, 3.63) is 95.8 Å². The number of carbonyl (C=O) groups is 1. The summed E-state index contributed by atoms with van der Waals surface area (Å²) in [7, 11) is -0.159. The molecule has 0 aromatic heterocycles. The van der Waals surface area contributed by atoms with Crippen LogP contribution in [-0.2, 0) is 10.0 Å². The van der Waals surface area contributed by atoms with Crippen molar-refractivity contribution in [3.8, 4) is 0 Å². The maximum Gasteiger partial charge on any atom is 0.264 e. The van der Waals surface area contributed by atoms with Gasteiger partial charge >= 0.3 is 0 Å². The Balaban J connectivity index is 1.80. The highest BCUT2D eigenvalue weighted by molar-refractivity contribution is 7.92. The van der Waals surface area contributed by atoms with Gasteiger partial charge in [-0.3, -0.25) is 9.10 Å². The highest BCUT2D eigenvalue weighted by Crippen LogP contribution is 2.24. The molecule has 6 nitrogen and oxygen atoms in total. The first-order valence-corrected chi connectivity index (χ1v) is 12.1. The Morgan fingerprint density at radius 2 is 1.67 bits per heavy atom. The number of likely N-dealkylation sites (N-methyl/N-ethyl adjacent to an activating group) is 1. The van der Waals surface area contributed by atoms with E-state index in [9.17, 15) is 17.6 Å². The molecule has 1 unspecified atom stereocenters. The summed E-state index contributed by atoms with van der Waals surface area (Å²) in [6.07, 6.45) is 0. The number of amides is 1. The van der Waals surface area contributed by atoms with Crippen LogP contribution in [0.2, 0.25) is 0 Å². The normalized spacial score (nSPS) is 12.4. The number of hydrogen-bond acceptors (Lipinski definition) is 4. The number of para-hydroxylation sites is 1. The molecule has 3 rings (SSSR count). The van der Waals surface area contributed by atoms with Crippen molar-refractivity contribution in [1.82, 2.24) is 10.2 Å². The monoisotopic (exact) mass is 469 g/mol.